The van der Waals surface area contributed by atoms with Crippen LogP contribution in [0.1, 0.15) is 26.3 Å². The zero-order valence-electron chi connectivity index (χ0n) is 13.9. The van der Waals surface area contributed by atoms with Gasteiger partial charge in [0.15, 0.2) is 0 Å². The Morgan fingerprint density at radius 3 is 2.26 bits per heavy atom. The van der Waals surface area contributed by atoms with E-state index in [9.17, 15) is 0 Å². The van der Waals surface area contributed by atoms with Gasteiger partial charge in [-0.05, 0) is 51.6 Å². The summed E-state index contributed by atoms with van der Waals surface area (Å²) in [7, 11) is 0. The molecule has 1 N–H and O–H groups in total. The van der Waals surface area contributed by atoms with Crippen LogP contribution in [0.4, 0.5) is 0 Å². The molecule has 0 spiro atoms. The van der Waals surface area contributed by atoms with Gasteiger partial charge in [-0.1, -0.05) is 63.2 Å². The minimum absolute atomic E-state index is 0.175. The summed E-state index contributed by atoms with van der Waals surface area (Å²) in [5.74, 6) is 0. The maximum atomic E-state index is 3.56. The highest BCUT2D eigenvalue weighted by atomic mass is 14.7. The first-order chi connectivity index (χ1) is 11.0. The topological polar surface area (TPSA) is 15.8 Å². The van der Waals surface area contributed by atoms with Gasteiger partial charge >= 0.3 is 0 Å². The van der Waals surface area contributed by atoms with E-state index in [4.69, 9.17) is 0 Å². The Labute approximate surface area is 137 Å². The fourth-order valence-corrected chi connectivity index (χ4v) is 3.11. The molecule has 1 heteroatoms. The standard InChI is InChI=1S/C22H21N/c1-22(2,3)19-10-11-20-18(13-19)14-21(23-20)17-9-8-15-6-4-5-7-16(15)12-17/h4-14,23H,1-3H3. The number of H-pyrrole nitrogens is 1. The molecular formula is C22H21N. The molecule has 0 bridgehead atoms. The van der Waals surface area contributed by atoms with Crippen molar-refractivity contribution in [2.24, 2.45) is 0 Å². The van der Waals surface area contributed by atoms with Gasteiger partial charge < -0.3 is 4.98 Å². The van der Waals surface area contributed by atoms with E-state index in [1.54, 1.807) is 0 Å². The number of aromatic nitrogens is 1. The maximum absolute atomic E-state index is 3.56. The van der Waals surface area contributed by atoms with E-state index in [1.807, 2.05) is 0 Å². The summed E-state index contributed by atoms with van der Waals surface area (Å²) in [5.41, 5.74) is 5.15. The monoisotopic (exact) mass is 299 g/mol. The lowest BCUT2D eigenvalue weighted by molar-refractivity contribution is 0.591. The number of aromatic amines is 1. The fourth-order valence-electron chi connectivity index (χ4n) is 3.11. The Bertz CT molecular complexity index is 999. The summed E-state index contributed by atoms with van der Waals surface area (Å²) in [6, 6.07) is 24.1. The molecule has 1 nitrogen and oxygen atoms in total. The third-order valence-electron chi connectivity index (χ3n) is 4.55. The predicted molar refractivity (Wildman–Crippen MR) is 99.9 cm³/mol. The molecule has 0 saturated heterocycles. The number of rotatable bonds is 1. The smallest absolute Gasteiger partial charge is 0.0465 e. The Balaban J connectivity index is 1.84. The number of hydrogen-bond donors (Lipinski definition) is 1. The predicted octanol–water partition coefficient (Wildman–Crippen LogP) is 6.29. The van der Waals surface area contributed by atoms with Gasteiger partial charge in [0.2, 0.25) is 0 Å². The van der Waals surface area contributed by atoms with Crippen LogP contribution in [0.3, 0.4) is 0 Å². The van der Waals surface area contributed by atoms with E-state index < -0.39 is 0 Å². The molecular weight excluding hydrogens is 278 g/mol. The van der Waals surface area contributed by atoms with Crippen LogP contribution in [0.15, 0.2) is 66.7 Å². The summed E-state index contributed by atoms with van der Waals surface area (Å²) < 4.78 is 0. The molecule has 0 radical (unpaired) electrons. The first-order valence-corrected chi connectivity index (χ1v) is 8.13. The third kappa shape index (κ3) is 2.53. The lowest BCUT2D eigenvalue weighted by Gasteiger charge is -2.18. The van der Waals surface area contributed by atoms with Gasteiger partial charge in [0.05, 0.1) is 0 Å². The van der Waals surface area contributed by atoms with E-state index >= 15 is 0 Å². The van der Waals surface area contributed by atoms with Crippen molar-refractivity contribution in [2.75, 3.05) is 0 Å². The highest BCUT2D eigenvalue weighted by Crippen LogP contribution is 2.30. The van der Waals surface area contributed by atoms with Gasteiger partial charge in [-0.3, -0.25) is 0 Å². The molecule has 0 saturated carbocycles. The summed E-state index contributed by atoms with van der Waals surface area (Å²) >= 11 is 0. The number of fused-ring (bicyclic) bond motifs is 2. The maximum Gasteiger partial charge on any atom is 0.0465 e. The minimum atomic E-state index is 0.175. The Morgan fingerprint density at radius 2 is 1.48 bits per heavy atom. The first kappa shape index (κ1) is 14.1. The SMILES string of the molecule is CC(C)(C)c1ccc2[nH]c(-c3ccc4ccccc4c3)cc2c1. The highest BCUT2D eigenvalue weighted by molar-refractivity contribution is 5.90. The second-order valence-corrected chi connectivity index (χ2v) is 7.30. The Morgan fingerprint density at radius 1 is 0.696 bits per heavy atom. The van der Waals surface area contributed by atoms with Crippen LogP contribution in [-0.2, 0) is 5.41 Å². The molecule has 23 heavy (non-hydrogen) atoms. The van der Waals surface area contributed by atoms with Crippen LogP contribution in [0.2, 0.25) is 0 Å². The summed E-state index contributed by atoms with van der Waals surface area (Å²) in [4.78, 5) is 3.56. The number of hydrogen-bond acceptors (Lipinski definition) is 0. The Kier molecular flexibility index (Phi) is 3.05. The van der Waals surface area contributed by atoms with Gasteiger partial charge in [-0.25, -0.2) is 0 Å². The highest BCUT2D eigenvalue weighted by Gasteiger charge is 2.14. The molecule has 4 aromatic rings. The fraction of sp³-hybridized carbons (Fsp3) is 0.182. The summed E-state index contributed by atoms with van der Waals surface area (Å²) in [5, 5.41) is 3.84. The van der Waals surface area contributed by atoms with Crippen LogP contribution >= 0.6 is 0 Å². The lowest BCUT2D eigenvalue weighted by Crippen LogP contribution is -2.10. The molecule has 0 aliphatic carbocycles. The van der Waals surface area contributed by atoms with Crippen molar-refractivity contribution < 1.29 is 0 Å². The van der Waals surface area contributed by atoms with Gasteiger partial charge in [-0.2, -0.15) is 0 Å². The molecule has 1 aromatic heterocycles. The molecule has 4 rings (SSSR count). The molecule has 0 aliphatic rings. The zero-order chi connectivity index (χ0) is 16.0. The molecule has 1 heterocycles. The normalized spacial score (nSPS) is 12.1. The molecule has 0 aliphatic heterocycles. The van der Waals surface area contributed by atoms with Gasteiger partial charge in [0.1, 0.15) is 0 Å². The van der Waals surface area contributed by atoms with E-state index in [-0.39, 0.29) is 5.41 Å². The summed E-state index contributed by atoms with van der Waals surface area (Å²) in [6.45, 7) is 6.77. The zero-order valence-corrected chi connectivity index (χ0v) is 13.9. The average Bonchev–Trinajstić information content (AvgIpc) is 2.96. The van der Waals surface area contributed by atoms with Crippen molar-refractivity contribution in [2.45, 2.75) is 26.2 Å². The molecule has 0 amide bonds. The van der Waals surface area contributed by atoms with E-state index in [0.29, 0.717) is 0 Å². The first-order valence-electron chi connectivity index (χ1n) is 8.13. The second kappa shape index (κ2) is 4.99. The molecule has 0 fully saturated rings. The van der Waals surface area contributed by atoms with Crippen LogP contribution < -0.4 is 0 Å². The van der Waals surface area contributed by atoms with E-state index in [2.05, 4.69) is 92.5 Å². The van der Waals surface area contributed by atoms with E-state index in [0.717, 1.165) is 0 Å². The second-order valence-electron chi connectivity index (χ2n) is 7.30. The van der Waals surface area contributed by atoms with Gasteiger partial charge in [0.25, 0.3) is 0 Å². The summed E-state index contributed by atoms with van der Waals surface area (Å²) in [6.07, 6.45) is 0. The Hall–Kier alpha value is -2.54. The van der Waals surface area contributed by atoms with Crippen molar-refractivity contribution in [1.29, 1.82) is 0 Å². The van der Waals surface area contributed by atoms with Gasteiger partial charge in [-0.15, -0.1) is 0 Å². The van der Waals surface area contributed by atoms with Crippen molar-refractivity contribution >= 4 is 21.7 Å². The van der Waals surface area contributed by atoms with Crippen LogP contribution in [0, 0.1) is 0 Å². The van der Waals surface area contributed by atoms with Crippen molar-refractivity contribution in [3.8, 4) is 11.3 Å². The third-order valence-corrected chi connectivity index (χ3v) is 4.55. The van der Waals surface area contributed by atoms with Crippen molar-refractivity contribution in [3.63, 3.8) is 0 Å². The molecule has 0 unspecified atom stereocenters. The number of benzene rings is 3. The van der Waals surface area contributed by atoms with Crippen LogP contribution in [-0.4, -0.2) is 4.98 Å². The largest absolute Gasteiger partial charge is 0.355 e. The minimum Gasteiger partial charge on any atom is -0.355 e. The van der Waals surface area contributed by atoms with E-state index in [1.165, 1.54) is 38.5 Å². The van der Waals surface area contributed by atoms with Crippen molar-refractivity contribution in [1.82, 2.24) is 4.98 Å². The van der Waals surface area contributed by atoms with Crippen LogP contribution in [0.25, 0.3) is 32.9 Å². The molecule has 0 atom stereocenters. The average molecular weight is 299 g/mol. The van der Waals surface area contributed by atoms with Gasteiger partial charge in [0, 0.05) is 16.6 Å². The number of nitrogens with one attached hydrogen (secondary N) is 1. The lowest BCUT2D eigenvalue weighted by atomic mass is 9.86. The quantitative estimate of drug-likeness (QED) is 0.425. The molecule has 114 valence electrons. The molecule has 3 aromatic carbocycles. The van der Waals surface area contributed by atoms with Crippen molar-refractivity contribution in [3.05, 3.63) is 72.3 Å². The van der Waals surface area contributed by atoms with Crippen LogP contribution in [0.5, 0.6) is 0 Å².